The van der Waals surface area contributed by atoms with Crippen LogP contribution in [0.3, 0.4) is 0 Å². The Labute approximate surface area is 137 Å². The average molecular weight is 336 g/mol. The molecule has 0 bridgehead atoms. The molecule has 1 fully saturated rings. The van der Waals surface area contributed by atoms with Crippen LogP contribution in [0.1, 0.15) is 10.7 Å². The van der Waals surface area contributed by atoms with E-state index in [9.17, 15) is 14.5 Å². The molecule has 1 aromatic heterocycles. The molecule has 1 aromatic carbocycles. The van der Waals surface area contributed by atoms with Crippen molar-refractivity contribution in [1.29, 1.82) is 0 Å². The quantitative estimate of drug-likeness (QED) is 0.635. The van der Waals surface area contributed by atoms with Gasteiger partial charge in [-0.3, -0.25) is 15.0 Å². The predicted octanol–water partition coefficient (Wildman–Crippen LogP) is 2.82. The lowest BCUT2D eigenvalue weighted by molar-refractivity contribution is -0.384. The number of thiazole rings is 1. The van der Waals surface area contributed by atoms with Gasteiger partial charge in [0.1, 0.15) is 11.5 Å². The van der Waals surface area contributed by atoms with Gasteiger partial charge in [0.15, 0.2) is 0 Å². The first-order valence-electron chi connectivity index (χ1n) is 7.35. The van der Waals surface area contributed by atoms with Crippen molar-refractivity contribution in [2.75, 3.05) is 31.1 Å². The number of nitrogens with zero attached hydrogens (tertiary/aromatic N) is 4. The van der Waals surface area contributed by atoms with Crippen LogP contribution >= 0.6 is 11.3 Å². The highest BCUT2D eigenvalue weighted by Gasteiger charge is 2.24. The van der Waals surface area contributed by atoms with Crippen LogP contribution in [-0.4, -0.2) is 41.0 Å². The summed E-state index contributed by atoms with van der Waals surface area (Å²) in [6.45, 7) is 5.73. The molecule has 0 aliphatic carbocycles. The van der Waals surface area contributed by atoms with E-state index in [1.807, 2.05) is 11.8 Å². The first-order valence-corrected chi connectivity index (χ1v) is 8.23. The highest BCUT2D eigenvalue weighted by atomic mass is 32.1. The van der Waals surface area contributed by atoms with E-state index < -0.39 is 10.7 Å². The lowest BCUT2D eigenvalue weighted by Crippen LogP contribution is -2.46. The first-order chi connectivity index (χ1) is 11.0. The Bertz CT molecular complexity index is 713. The van der Waals surface area contributed by atoms with Crippen LogP contribution in [0.4, 0.5) is 15.8 Å². The number of hydrogen-bond acceptors (Lipinski definition) is 6. The number of rotatable bonds is 4. The zero-order chi connectivity index (χ0) is 16.4. The number of aryl methyl sites for hydroxylation is 1. The number of benzene rings is 1. The molecule has 0 N–H and O–H groups in total. The van der Waals surface area contributed by atoms with Gasteiger partial charge in [0, 0.05) is 38.1 Å². The lowest BCUT2D eigenvalue weighted by atomic mass is 10.2. The molecule has 0 amide bonds. The molecule has 2 aromatic rings. The van der Waals surface area contributed by atoms with Crippen LogP contribution in [-0.2, 0) is 6.54 Å². The number of hydrogen-bond donors (Lipinski definition) is 0. The Hall–Kier alpha value is -2.06. The summed E-state index contributed by atoms with van der Waals surface area (Å²) in [4.78, 5) is 19.3. The molecule has 0 atom stereocenters. The molecule has 1 saturated heterocycles. The summed E-state index contributed by atoms with van der Waals surface area (Å²) in [5, 5.41) is 14.2. The van der Waals surface area contributed by atoms with Gasteiger partial charge in [-0.25, -0.2) is 9.37 Å². The Kier molecular flexibility index (Phi) is 4.53. The minimum absolute atomic E-state index is 0.173. The Morgan fingerprint density at radius 3 is 2.70 bits per heavy atom. The fourth-order valence-electron chi connectivity index (χ4n) is 2.77. The van der Waals surface area contributed by atoms with E-state index in [2.05, 4.69) is 15.3 Å². The molecule has 6 nitrogen and oxygen atoms in total. The van der Waals surface area contributed by atoms with Gasteiger partial charge in [-0.1, -0.05) is 0 Å². The van der Waals surface area contributed by atoms with Crippen LogP contribution in [0.25, 0.3) is 0 Å². The zero-order valence-corrected chi connectivity index (χ0v) is 13.6. The molecule has 2 heterocycles. The standard InChI is InChI=1S/C15H17FN4O2S/c1-11-17-13(10-23-11)9-18-4-6-19(7-5-18)14-3-2-12(16)8-15(14)20(21)22/h2-3,8,10H,4-7,9H2,1H3. The van der Waals surface area contributed by atoms with E-state index in [4.69, 9.17) is 0 Å². The lowest BCUT2D eigenvalue weighted by Gasteiger charge is -2.35. The molecule has 122 valence electrons. The maximum atomic E-state index is 13.2. The first kappa shape index (κ1) is 15.8. The van der Waals surface area contributed by atoms with Crippen molar-refractivity contribution in [2.45, 2.75) is 13.5 Å². The molecular weight excluding hydrogens is 319 g/mol. The van der Waals surface area contributed by atoms with E-state index in [1.54, 1.807) is 11.3 Å². The van der Waals surface area contributed by atoms with Crippen molar-refractivity contribution in [3.05, 3.63) is 50.2 Å². The monoisotopic (exact) mass is 336 g/mol. The molecule has 3 rings (SSSR count). The molecule has 23 heavy (non-hydrogen) atoms. The fourth-order valence-corrected chi connectivity index (χ4v) is 3.37. The summed E-state index contributed by atoms with van der Waals surface area (Å²) < 4.78 is 13.2. The van der Waals surface area contributed by atoms with Crippen molar-refractivity contribution < 1.29 is 9.31 Å². The van der Waals surface area contributed by atoms with E-state index in [0.717, 1.165) is 36.4 Å². The molecule has 1 aliphatic rings. The van der Waals surface area contributed by atoms with Gasteiger partial charge in [0.25, 0.3) is 5.69 Å². The third kappa shape index (κ3) is 3.65. The van der Waals surface area contributed by atoms with Crippen molar-refractivity contribution in [3.63, 3.8) is 0 Å². The molecule has 8 heteroatoms. The second-order valence-corrected chi connectivity index (χ2v) is 6.57. The van der Waals surface area contributed by atoms with E-state index in [-0.39, 0.29) is 5.69 Å². The van der Waals surface area contributed by atoms with Crippen molar-refractivity contribution >= 4 is 22.7 Å². The van der Waals surface area contributed by atoms with Gasteiger partial charge in [-0.2, -0.15) is 0 Å². The number of nitro groups is 1. The van der Waals surface area contributed by atoms with Crippen molar-refractivity contribution in [1.82, 2.24) is 9.88 Å². The second-order valence-electron chi connectivity index (χ2n) is 5.51. The maximum absolute atomic E-state index is 13.2. The topological polar surface area (TPSA) is 62.5 Å². The summed E-state index contributed by atoms with van der Waals surface area (Å²) in [6, 6.07) is 3.75. The van der Waals surface area contributed by atoms with Crippen LogP contribution < -0.4 is 4.90 Å². The van der Waals surface area contributed by atoms with Gasteiger partial charge >= 0.3 is 0 Å². The fraction of sp³-hybridized carbons (Fsp3) is 0.400. The SMILES string of the molecule is Cc1nc(CN2CCN(c3ccc(F)cc3[N+](=O)[O-])CC2)cs1. The summed E-state index contributed by atoms with van der Waals surface area (Å²) in [7, 11) is 0. The summed E-state index contributed by atoms with van der Waals surface area (Å²) in [5.41, 5.74) is 1.38. The van der Waals surface area contributed by atoms with Crippen molar-refractivity contribution in [3.8, 4) is 0 Å². The third-order valence-corrected chi connectivity index (χ3v) is 4.72. The van der Waals surface area contributed by atoms with Crippen LogP contribution in [0, 0.1) is 22.9 Å². The molecular formula is C15H17FN4O2S. The van der Waals surface area contributed by atoms with Gasteiger partial charge in [0.05, 0.1) is 21.7 Å². The summed E-state index contributed by atoms with van der Waals surface area (Å²) in [6.07, 6.45) is 0. The third-order valence-electron chi connectivity index (χ3n) is 3.90. The maximum Gasteiger partial charge on any atom is 0.295 e. The van der Waals surface area contributed by atoms with E-state index in [0.29, 0.717) is 18.8 Å². The zero-order valence-electron chi connectivity index (χ0n) is 12.7. The normalized spacial score (nSPS) is 15.8. The Balaban J connectivity index is 1.66. The minimum atomic E-state index is -0.585. The number of nitro benzene ring substituents is 1. The Morgan fingerprint density at radius 1 is 1.35 bits per heavy atom. The molecule has 0 saturated carbocycles. The number of halogens is 1. The molecule has 0 spiro atoms. The van der Waals surface area contributed by atoms with E-state index in [1.165, 1.54) is 12.1 Å². The summed E-state index contributed by atoms with van der Waals surface area (Å²) >= 11 is 1.64. The molecule has 0 unspecified atom stereocenters. The molecule has 1 aliphatic heterocycles. The van der Waals surface area contributed by atoms with E-state index >= 15 is 0 Å². The van der Waals surface area contributed by atoms with Gasteiger partial charge in [0.2, 0.25) is 0 Å². The van der Waals surface area contributed by atoms with Gasteiger partial charge in [-0.05, 0) is 19.1 Å². The molecule has 0 radical (unpaired) electrons. The highest BCUT2D eigenvalue weighted by Crippen LogP contribution is 2.29. The second kappa shape index (κ2) is 6.59. The number of aromatic nitrogens is 1. The van der Waals surface area contributed by atoms with Crippen LogP contribution in [0.2, 0.25) is 0 Å². The highest BCUT2D eigenvalue weighted by molar-refractivity contribution is 7.09. The minimum Gasteiger partial charge on any atom is -0.363 e. The van der Waals surface area contributed by atoms with Gasteiger partial charge < -0.3 is 4.90 Å². The number of anilines is 1. The predicted molar refractivity (Wildman–Crippen MR) is 87.4 cm³/mol. The Morgan fingerprint density at radius 2 is 2.09 bits per heavy atom. The largest absolute Gasteiger partial charge is 0.363 e. The van der Waals surface area contributed by atoms with Crippen LogP contribution in [0.15, 0.2) is 23.6 Å². The average Bonchev–Trinajstić information content (AvgIpc) is 2.93. The van der Waals surface area contributed by atoms with Gasteiger partial charge in [-0.15, -0.1) is 11.3 Å². The van der Waals surface area contributed by atoms with Crippen molar-refractivity contribution in [2.24, 2.45) is 0 Å². The smallest absolute Gasteiger partial charge is 0.295 e. The van der Waals surface area contributed by atoms with Crippen LogP contribution in [0.5, 0.6) is 0 Å². The number of piperazine rings is 1. The summed E-state index contributed by atoms with van der Waals surface area (Å²) in [5.74, 6) is -0.585.